The van der Waals surface area contributed by atoms with Crippen molar-refractivity contribution in [2.24, 2.45) is 11.7 Å². The highest BCUT2D eigenvalue weighted by molar-refractivity contribution is 5.99. The number of nitrogens with one attached hydrogen (secondary N) is 8. The van der Waals surface area contributed by atoms with Gasteiger partial charge in [0.2, 0.25) is 35.4 Å². The Morgan fingerprint density at radius 1 is 0.800 bits per heavy atom. The summed E-state index contributed by atoms with van der Waals surface area (Å²) in [6.45, 7) is 7.41. The number of pyridine rings is 2. The molecule has 0 radical (unpaired) electrons. The SMILES string of the molecule is CC[C@]1(O)C(=O)OCc2c1cc1n(c2=O)Cc2c-1nc1cc(F)c(C)c3c1c2[C@@H](NC(=O)COCNC(=O)CNC(=O)OCc1ccc(NC(=O)[C@H](CCCNC(N)=O)NC(=O)[C@@H](NC(=O)CCOCCOCCOCCOCCNC(=O)COC2C#CCCCCC2)C(C)C)cc1)CC3. The minimum Gasteiger partial charge on any atom is -0.458 e. The highest BCUT2D eigenvalue weighted by atomic mass is 19.1. The van der Waals surface area contributed by atoms with E-state index >= 15 is 4.39 Å². The van der Waals surface area contributed by atoms with Crippen LogP contribution in [0.4, 0.5) is 19.7 Å². The van der Waals surface area contributed by atoms with E-state index in [9.17, 15) is 53.1 Å². The average Bonchev–Trinajstić information content (AvgIpc) is 1.50. The summed E-state index contributed by atoms with van der Waals surface area (Å²) in [6.07, 6.45) is 4.80. The summed E-state index contributed by atoms with van der Waals surface area (Å²) in [6, 6.07) is 5.58. The van der Waals surface area contributed by atoms with Gasteiger partial charge in [0.15, 0.2) is 5.60 Å². The minimum absolute atomic E-state index is 0.0404. The molecule has 1 unspecified atom stereocenters. The number of nitrogens with zero attached hydrogens (tertiary/aromatic N) is 2. The number of carbonyl (C=O) groups is 9. The molecular formula is C69H90FN11O19. The van der Waals surface area contributed by atoms with E-state index in [0.717, 1.165) is 37.7 Å². The number of alkyl carbamates (subject to hydrolysis) is 1. The number of hydrogen-bond donors (Lipinski definition) is 10. The molecule has 5 atom stereocenters. The Bertz CT molecular complexity index is 3730. The van der Waals surface area contributed by atoms with Crippen molar-refractivity contribution in [2.45, 2.75) is 148 Å². The lowest BCUT2D eigenvalue weighted by molar-refractivity contribution is -0.172. The summed E-state index contributed by atoms with van der Waals surface area (Å²) < 4.78 is 60.6. The standard InChI is InChI=1S/C69H90FN11O19/c1-5-69(92)49-32-54-62-47(35-81(54)65(88)48(49)37-99-66(69)89)60-51(20-19-46-42(4)50(70)33-53(78-62)59(46)60)77-58(85)38-97-40-75-56(83)34-74-68(91)100-36-43-15-17-44(18-16-43)76-63(86)52(14-11-22-73-67(71)90)79-64(87)61(41(2)3)80-55(82)21-24-93-26-28-95-30-31-96-29-27-94-25-23-72-57(84)39-98-45-12-9-7-6-8-10-13-45/h15-18,32-33,41,45,51-52,61,92H,5-9,11-12,14,19-31,34-40H2,1-4H3,(H,72,84)(H,74,91)(H,75,83)(H,76,86)(H,77,85)(H,79,87)(H,80,82)(H3,71,73,90)/t45?,51-,52-,61-,69+/m0/s1. The zero-order valence-corrected chi connectivity index (χ0v) is 56.8. The van der Waals surface area contributed by atoms with Crippen LogP contribution >= 0.6 is 0 Å². The van der Waals surface area contributed by atoms with Crippen molar-refractivity contribution in [3.63, 3.8) is 0 Å². The number of benzene rings is 2. The maximum absolute atomic E-state index is 15.4. The zero-order valence-electron chi connectivity index (χ0n) is 56.8. The van der Waals surface area contributed by atoms with Gasteiger partial charge in [0.1, 0.15) is 63.7 Å². The Morgan fingerprint density at radius 3 is 2.25 bits per heavy atom. The second-order valence-corrected chi connectivity index (χ2v) is 24.7. The van der Waals surface area contributed by atoms with Gasteiger partial charge in [-0.15, -0.1) is 5.92 Å². The number of rotatable bonds is 38. The Kier molecular flexibility index (Phi) is 29.0. The first-order chi connectivity index (χ1) is 48.1. The van der Waals surface area contributed by atoms with Crippen molar-refractivity contribution in [2.75, 3.05) is 97.8 Å². The summed E-state index contributed by atoms with van der Waals surface area (Å²) >= 11 is 0. The molecule has 0 saturated heterocycles. The normalized spacial score (nSPS) is 17.1. The van der Waals surface area contributed by atoms with E-state index < -0.39 is 103 Å². The van der Waals surface area contributed by atoms with Crippen molar-refractivity contribution in [3.05, 3.63) is 91.5 Å². The third-order valence-electron chi connectivity index (χ3n) is 17.3. The van der Waals surface area contributed by atoms with Crippen LogP contribution in [-0.2, 0) is 103 Å². The predicted molar refractivity (Wildman–Crippen MR) is 358 cm³/mol. The number of anilines is 1. The van der Waals surface area contributed by atoms with Crippen molar-refractivity contribution in [1.82, 2.24) is 46.8 Å². The number of ether oxygens (including phenoxy) is 8. The second-order valence-electron chi connectivity index (χ2n) is 24.7. The molecule has 2 aliphatic heterocycles. The van der Waals surface area contributed by atoms with E-state index in [1.807, 2.05) is 0 Å². The number of nitrogens with two attached hydrogens (primary N) is 1. The third kappa shape index (κ3) is 21.4. The Labute approximate surface area is 577 Å². The summed E-state index contributed by atoms with van der Waals surface area (Å²) in [5.74, 6) is 1.34. The molecule has 31 heteroatoms. The maximum atomic E-state index is 15.4. The number of hydrogen-bond acceptors (Lipinski definition) is 20. The molecule has 11 N–H and O–H groups in total. The third-order valence-corrected chi connectivity index (χ3v) is 17.3. The van der Waals surface area contributed by atoms with E-state index in [1.165, 1.54) is 10.6 Å². The predicted octanol–water partition coefficient (Wildman–Crippen LogP) is 2.59. The van der Waals surface area contributed by atoms with Gasteiger partial charge < -0.3 is 95.8 Å². The quantitative estimate of drug-likeness (QED) is 0.0117. The van der Waals surface area contributed by atoms with Crippen LogP contribution in [0.15, 0.2) is 41.2 Å². The molecule has 0 saturated carbocycles. The lowest BCUT2D eigenvalue weighted by atomic mass is 9.81. The van der Waals surface area contributed by atoms with Gasteiger partial charge in [0.05, 0.1) is 87.9 Å². The van der Waals surface area contributed by atoms with Gasteiger partial charge in [-0.05, 0) is 105 Å². The summed E-state index contributed by atoms with van der Waals surface area (Å²) in [5, 5.41) is 33.2. The fraction of sp³-hybridized carbons (Fsp3) is 0.551. The molecular weight excluding hydrogens is 1310 g/mol. The maximum Gasteiger partial charge on any atom is 0.407 e. The first-order valence-corrected chi connectivity index (χ1v) is 33.7. The van der Waals surface area contributed by atoms with Crippen LogP contribution in [0.5, 0.6) is 0 Å². The Morgan fingerprint density at radius 2 is 1.53 bits per heavy atom. The van der Waals surface area contributed by atoms with Gasteiger partial charge >= 0.3 is 18.1 Å². The van der Waals surface area contributed by atoms with E-state index in [4.69, 9.17) is 48.6 Å². The van der Waals surface area contributed by atoms with Crippen molar-refractivity contribution < 1.29 is 90.5 Å². The van der Waals surface area contributed by atoms with Gasteiger partial charge in [-0.2, -0.15) is 0 Å². The molecule has 2 aromatic carbocycles. The van der Waals surface area contributed by atoms with Crippen LogP contribution in [0, 0.1) is 30.5 Å². The summed E-state index contributed by atoms with van der Waals surface area (Å²) in [5.41, 5.74) is 7.20. The number of cyclic esters (lactones) is 1. The molecule has 9 amide bonds. The van der Waals surface area contributed by atoms with E-state index in [1.54, 1.807) is 58.0 Å². The van der Waals surface area contributed by atoms with Gasteiger partial charge in [-0.3, -0.25) is 33.6 Å². The number of amides is 9. The number of aliphatic hydroxyl groups is 1. The van der Waals surface area contributed by atoms with Crippen LogP contribution in [0.2, 0.25) is 0 Å². The van der Waals surface area contributed by atoms with Crippen molar-refractivity contribution in [3.8, 4) is 23.2 Å². The number of esters is 1. The van der Waals surface area contributed by atoms with E-state index in [2.05, 4.69) is 54.4 Å². The van der Waals surface area contributed by atoms with Crippen molar-refractivity contribution >= 4 is 70.1 Å². The molecule has 542 valence electrons. The number of aryl methyl sites for hydroxylation is 1. The van der Waals surface area contributed by atoms with Crippen LogP contribution in [-0.4, -0.2) is 179 Å². The lowest BCUT2D eigenvalue weighted by Crippen LogP contribution is -2.54. The van der Waals surface area contributed by atoms with E-state index in [-0.39, 0.29) is 107 Å². The van der Waals surface area contributed by atoms with Crippen LogP contribution < -0.4 is 53.8 Å². The van der Waals surface area contributed by atoms with Crippen LogP contribution in [0.25, 0.3) is 22.3 Å². The number of halogens is 1. The molecule has 4 aliphatic rings. The molecule has 8 rings (SSSR count). The van der Waals surface area contributed by atoms with E-state index in [0.29, 0.717) is 103 Å². The molecule has 2 aliphatic carbocycles. The zero-order chi connectivity index (χ0) is 71.7. The molecule has 4 heterocycles. The molecule has 30 nitrogen and oxygen atoms in total. The number of aromatic nitrogens is 2. The lowest BCUT2D eigenvalue weighted by Gasteiger charge is -2.31. The minimum atomic E-state index is -2.06. The molecule has 0 fully saturated rings. The van der Waals surface area contributed by atoms with Crippen molar-refractivity contribution in [1.29, 1.82) is 0 Å². The smallest absolute Gasteiger partial charge is 0.407 e. The molecule has 100 heavy (non-hydrogen) atoms. The van der Waals surface area contributed by atoms with Crippen LogP contribution in [0.3, 0.4) is 0 Å². The fourth-order valence-electron chi connectivity index (χ4n) is 11.9. The number of carbonyl (C=O) groups excluding carboxylic acids is 9. The number of primary amides is 1. The van der Waals surface area contributed by atoms with Gasteiger partial charge in [-0.1, -0.05) is 45.2 Å². The largest absolute Gasteiger partial charge is 0.458 e. The van der Waals surface area contributed by atoms with Gasteiger partial charge in [-0.25, -0.2) is 23.8 Å². The molecule has 4 aromatic rings. The topological polar surface area (TPSA) is 405 Å². The Hall–Kier alpha value is -9.16. The van der Waals surface area contributed by atoms with Crippen LogP contribution in [0.1, 0.15) is 130 Å². The average molecular weight is 1400 g/mol. The van der Waals surface area contributed by atoms with Gasteiger partial charge in [0.25, 0.3) is 5.56 Å². The first kappa shape index (κ1) is 76.6. The number of fused-ring (bicyclic) bond motifs is 5. The molecule has 2 aromatic heterocycles. The monoisotopic (exact) mass is 1400 g/mol. The highest BCUT2D eigenvalue weighted by Gasteiger charge is 2.46. The second kappa shape index (κ2) is 37.9. The molecule has 0 spiro atoms. The highest BCUT2D eigenvalue weighted by Crippen LogP contribution is 2.46. The van der Waals surface area contributed by atoms with Gasteiger partial charge in [0, 0.05) is 54.2 Å². The molecule has 0 bridgehead atoms. The first-order valence-electron chi connectivity index (χ1n) is 33.7. The Balaban J connectivity index is 0.696. The summed E-state index contributed by atoms with van der Waals surface area (Å²) in [4.78, 5) is 134. The summed E-state index contributed by atoms with van der Waals surface area (Å²) in [7, 11) is 0. The number of urea groups is 1. The fourth-order valence-corrected chi connectivity index (χ4v) is 11.9.